The molecule has 6 nitrogen and oxygen atoms in total. The minimum Gasteiger partial charge on any atom is -0.353 e. The zero-order valence-electron chi connectivity index (χ0n) is 19.4. The number of nitrogens with one attached hydrogen (secondary N) is 2. The molecule has 0 saturated carbocycles. The molecule has 0 atom stereocenters. The average Bonchev–Trinajstić information content (AvgIpc) is 3.48. The fraction of sp³-hybridized carbons (Fsp3) is 0.107. The minimum atomic E-state index is -0.247. The smallest absolute Gasteiger partial charge is 0.135 e. The summed E-state index contributed by atoms with van der Waals surface area (Å²) in [5, 5.41) is 8.72. The van der Waals surface area contributed by atoms with Gasteiger partial charge in [-0.25, -0.2) is 9.37 Å². The SMILES string of the molecule is CN(C)Cc1cncc(-c2ccc3[nH]nc(-c4cc5c(-c6ccc(F)cc6)cccc5[nH]4)c3n2)c1. The third kappa shape index (κ3) is 3.96. The summed E-state index contributed by atoms with van der Waals surface area (Å²) in [5.41, 5.74) is 9.17. The molecule has 0 saturated heterocycles. The molecule has 4 heterocycles. The van der Waals surface area contributed by atoms with E-state index in [2.05, 4.69) is 37.2 Å². The van der Waals surface area contributed by atoms with Gasteiger partial charge in [-0.2, -0.15) is 5.10 Å². The van der Waals surface area contributed by atoms with E-state index in [9.17, 15) is 4.39 Å². The van der Waals surface area contributed by atoms with Crippen molar-refractivity contribution >= 4 is 21.9 Å². The number of benzene rings is 2. The lowest BCUT2D eigenvalue weighted by Gasteiger charge is -2.10. The maximum Gasteiger partial charge on any atom is 0.135 e. The van der Waals surface area contributed by atoms with Crippen molar-refractivity contribution in [2.45, 2.75) is 6.54 Å². The van der Waals surface area contributed by atoms with Crippen LogP contribution < -0.4 is 0 Å². The first kappa shape index (κ1) is 21.2. The van der Waals surface area contributed by atoms with E-state index in [-0.39, 0.29) is 5.82 Å². The number of pyridine rings is 2. The van der Waals surface area contributed by atoms with Crippen LogP contribution in [0.15, 0.2) is 79.1 Å². The highest BCUT2D eigenvalue weighted by molar-refractivity contribution is 6.00. The van der Waals surface area contributed by atoms with Gasteiger partial charge in [0.1, 0.15) is 17.0 Å². The molecule has 6 rings (SSSR count). The Bertz CT molecular complexity index is 1660. The largest absolute Gasteiger partial charge is 0.353 e. The van der Waals surface area contributed by atoms with Gasteiger partial charge in [0.25, 0.3) is 0 Å². The lowest BCUT2D eigenvalue weighted by Crippen LogP contribution is -2.10. The molecule has 0 spiro atoms. The van der Waals surface area contributed by atoms with Crippen LogP contribution in [-0.4, -0.2) is 44.1 Å². The van der Waals surface area contributed by atoms with Gasteiger partial charge in [0.2, 0.25) is 0 Å². The molecule has 4 aromatic heterocycles. The summed E-state index contributed by atoms with van der Waals surface area (Å²) in [6.07, 6.45) is 3.72. The molecule has 0 aliphatic carbocycles. The summed E-state index contributed by atoms with van der Waals surface area (Å²) in [7, 11) is 4.08. The summed E-state index contributed by atoms with van der Waals surface area (Å²) < 4.78 is 13.5. The van der Waals surface area contributed by atoms with E-state index in [0.29, 0.717) is 0 Å². The summed E-state index contributed by atoms with van der Waals surface area (Å²) >= 11 is 0. The normalized spacial score (nSPS) is 11.7. The van der Waals surface area contributed by atoms with Crippen molar-refractivity contribution in [3.05, 3.63) is 90.5 Å². The first-order chi connectivity index (χ1) is 17.0. The van der Waals surface area contributed by atoms with Crippen molar-refractivity contribution in [1.82, 2.24) is 30.0 Å². The molecule has 0 bridgehead atoms. The van der Waals surface area contributed by atoms with Crippen molar-refractivity contribution in [3.8, 4) is 33.8 Å². The molecule has 172 valence electrons. The number of fused-ring (bicyclic) bond motifs is 2. The fourth-order valence-corrected chi connectivity index (χ4v) is 4.49. The Balaban J connectivity index is 1.44. The lowest BCUT2D eigenvalue weighted by molar-refractivity contribution is 0.402. The van der Waals surface area contributed by atoms with E-state index >= 15 is 0 Å². The van der Waals surface area contributed by atoms with Crippen LogP contribution in [-0.2, 0) is 6.54 Å². The second-order valence-corrected chi connectivity index (χ2v) is 8.94. The average molecular weight is 463 g/mol. The maximum absolute atomic E-state index is 13.5. The number of rotatable bonds is 5. The second-order valence-electron chi connectivity index (χ2n) is 8.94. The van der Waals surface area contributed by atoms with Gasteiger partial charge in [-0.15, -0.1) is 0 Å². The van der Waals surface area contributed by atoms with E-state index in [1.807, 2.05) is 56.8 Å². The number of halogens is 1. The van der Waals surface area contributed by atoms with Crippen LogP contribution in [0.1, 0.15) is 5.56 Å². The summed E-state index contributed by atoms with van der Waals surface area (Å²) in [4.78, 5) is 15.0. The fourth-order valence-electron chi connectivity index (χ4n) is 4.49. The monoisotopic (exact) mass is 462 g/mol. The topological polar surface area (TPSA) is 73.5 Å². The molecular formula is C28H23FN6. The van der Waals surface area contributed by atoms with E-state index in [1.165, 1.54) is 12.1 Å². The Labute approximate surface area is 201 Å². The minimum absolute atomic E-state index is 0.247. The number of aromatic amines is 2. The highest BCUT2D eigenvalue weighted by Crippen LogP contribution is 2.34. The number of hydrogen-bond acceptors (Lipinski definition) is 4. The highest BCUT2D eigenvalue weighted by Gasteiger charge is 2.15. The van der Waals surface area contributed by atoms with E-state index in [4.69, 9.17) is 4.98 Å². The molecule has 6 aromatic rings. The van der Waals surface area contributed by atoms with Crippen molar-refractivity contribution < 1.29 is 4.39 Å². The highest BCUT2D eigenvalue weighted by atomic mass is 19.1. The van der Waals surface area contributed by atoms with Gasteiger partial charge in [0, 0.05) is 35.4 Å². The molecule has 2 N–H and O–H groups in total. The molecule has 0 fully saturated rings. The predicted molar refractivity (Wildman–Crippen MR) is 137 cm³/mol. The van der Waals surface area contributed by atoms with E-state index in [0.717, 1.165) is 67.8 Å². The van der Waals surface area contributed by atoms with Crippen LogP contribution in [0.25, 0.3) is 55.7 Å². The van der Waals surface area contributed by atoms with Crippen molar-refractivity contribution in [1.29, 1.82) is 0 Å². The Morgan fingerprint density at radius 2 is 1.74 bits per heavy atom. The van der Waals surface area contributed by atoms with Crippen molar-refractivity contribution in [2.75, 3.05) is 14.1 Å². The summed E-state index contributed by atoms with van der Waals surface area (Å²) in [6.45, 7) is 0.811. The van der Waals surface area contributed by atoms with Gasteiger partial charge < -0.3 is 9.88 Å². The van der Waals surface area contributed by atoms with Crippen LogP contribution in [0.4, 0.5) is 4.39 Å². The van der Waals surface area contributed by atoms with Crippen LogP contribution in [0.2, 0.25) is 0 Å². The molecule has 0 radical (unpaired) electrons. The van der Waals surface area contributed by atoms with Crippen molar-refractivity contribution in [2.24, 2.45) is 0 Å². The van der Waals surface area contributed by atoms with Crippen LogP contribution in [0, 0.1) is 5.82 Å². The number of hydrogen-bond donors (Lipinski definition) is 2. The zero-order valence-corrected chi connectivity index (χ0v) is 19.4. The Kier molecular flexibility index (Phi) is 5.12. The Morgan fingerprint density at radius 3 is 2.57 bits per heavy atom. The third-order valence-electron chi connectivity index (χ3n) is 6.07. The van der Waals surface area contributed by atoms with Crippen LogP contribution in [0.5, 0.6) is 0 Å². The lowest BCUT2D eigenvalue weighted by atomic mass is 10.0. The van der Waals surface area contributed by atoms with Gasteiger partial charge in [-0.3, -0.25) is 10.1 Å². The Morgan fingerprint density at radius 1 is 0.886 bits per heavy atom. The molecule has 7 heteroatoms. The molecule has 0 aliphatic heterocycles. The van der Waals surface area contributed by atoms with Gasteiger partial charge in [-0.1, -0.05) is 24.3 Å². The van der Waals surface area contributed by atoms with E-state index in [1.54, 1.807) is 12.1 Å². The molecule has 35 heavy (non-hydrogen) atoms. The standard InChI is InChI=1S/C28H23FN6/c1-35(2)16-17-12-19(15-30-14-17)23-10-11-25-27(32-23)28(34-33-25)26-13-22-21(4-3-5-24(22)31-26)18-6-8-20(29)9-7-18/h3-15,31H,16H2,1-2H3,(H,33,34). The first-order valence-corrected chi connectivity index (χ1v) is 11.4. The molecule has 0 amide bonds. The van der Waals surface area contributed by atoms with Crippen molar-refractivity contribution in [3.63, 3.8) is 0 Å². The zero-order chi connectivity index (χ0) is 23.9. The van der Waals surface area contributed by atoms with Gasteiger partial charge >= 0.3 is 0 Å². The number of nitrogens with zero attached hydrogens (tertiary/aromatic N) is 4. The van der Waals surface area contributed by atoms with Crippen LogP contribution >= 0.6 is 0 Å². The van der Waals surface area contributed by atoms with Gasteiger partial charge in [-0.05, 0) is 73.3 Å². The van der Waals surface area contributed by atoms with Gasteiger partial charge in [0.05, 0.1) is 16.9 Å². The first-order valence-electron chi connectivity index (χ1n) is 11.4. The maximum atomic E-state index is 13.5. The van der Waals surface area contributed by atoms with E-state index < -0.39 is 0 Å². The third-order valence-corrected chi connectivity index (χ3v) is 6.07. The molecule has 0 aliphatic rings. The molecule has 2 aromatic carbocycles. The summed E-state index contributed by atoms with van der Waals surface area (Å²) in [5.74, 6) is -0.247. The molecule has 0 unspecified atom stereocenters. The summed E-state index contributed by atoms with van der Waals surface area (Å²) in [6, 6.07) is 20.8. The van der Waals surface area contributed by atoms with Gasteiger partial charge in [0.15, 0.2) is 0 Å². The predicted octanol–water partition coefficient (Wildman–Crippen LogP) is 6.04. The Hall–Kier alpha value is -4.36. The number of H-pyrrole nitrogens is 2. The quantitative estimate of drug-likeness (QED) is 0.328. The van der Waals surface area contributed by atoms with Crippen LogP contribution in [0.3, 0.4) is 0 Å². The molecular weight excluding hydrogens is 439 g/mol. The number of aromatic nitrogens is 5. The second kappa shape index (κ2) is 8.45.